The molecule has 0 bridgehead atoms. The van der Waals surface area contributed by atoms with Crippen LogP contribution in [0.5, 0.6) is 5.75 Å². The normalized spacial score (nSPS) is 14.3. The number of ether oxygens (including phenoxy) is 2. The molecule has 0 aromatic heterocycles. The van der Waals surface area contributed by atoms with Crippen molar-refractivity contribution in [2.24, 2.45) is 0 Å². The molecule has 1 N–H and O–H groups in total. The van der Waals surface area contributed by atoms with Crippen LogP contribution in [-0.2, 0) is 9.53 Å². The zero-order valence-electron chi connectivity index (χ0n) is 15.4. The molecule has 1 saturated heterocycles. The smallest absolute Gasteiger partial charge is 0.266 e. The van der Waals surface area contributed by atoms with E-state index in [0.29, 0.717) is 35.2 Å². The van der Waals surface area contributed by atoms with E-state index in [-0.39, 0.29) is 5.57 Å². The monoisotopic (exact) mass is 397 g/mol. The SMILES string of the molecule is COc1cc(N2CCOCC2)ccc1/C=C(/C#N)C(=O)Nc1ccccc1Cl. The van der Waals surface area contributed by atoms with Crippen LogP contribution in [0.4, 0.5) is 11.4 Å². The minimum absolute atomic E-state index is 0.0441. The molecule has 1 heterocycles. The van der Waals surface area contributed by atoms with E-state index < -0.39 is 5.91 Å². The Labute approximate surface area is 168 Å². The molecule has 0 spiro atoms. The second kappa shape index (κ2) is 9.27. The summed E-state index contributed by atoms with van der Waals surface area (Å²) in [5.41, 5.74) is 2.06. The first kappa shape index (κ1) is 19.7. The van der Waals surface area contributed by atoms with E-state index >= 15 is 0 Å². The average Bonchev–Trinajstić information content (AvgIpc) is 2.74. The number of nitriles is 1. The summed E-state index contributed by atoms with van der Waals surface area (Å²) in [4.78, 5) is 14.7. The molecule has 1 amide bonds. The van der Waals surface area contributed by atoms with E-state index in [2.05, 4.69) is 10.2 Å². The standard InChI is InChI=1S/C21H20ClN3O3/c1-27-20-13-17(25-8-10-28-11-9-25)7-6-15(20)12-16(14-23)21(26)24-19-5-3-2-4-18(19)22/h2-7,12-13H,8-11H2,1H3,(H,24,26)/b16-12-. The van der Waals surface area contributed by atoms with Gasteiger partial charge in [-0.05, 0) is 30.3 Å². The van der Waals surface area contributed by atoms with Crippen molar-refractivity contribution in [2.75, 3.05) is 43.6 Å². The summed E-state index contributed by atoms with van der Waals surface area (Å²) < 4.78 is 10.9. The number of morpholine rings is 1. The zero-order valence-corrected chi connectivity index (χ0v) is 16.2. The minimum atomic E-state index is -0.532. The van der Waals surface area contributed by atoms with Crippen LogP contribution in [0.3, 0.4) is 0 Å². The fourth-order valence-electron chi connectivity index (χ4n) is 2.89. The lowest BCUT2D eigenvalue weighted by atomic mass is 10.1. The molecule has 28 heavy (non-hydrogen) atoms. The van der Waals surface area contributed by atoms with Gasteiger partial charge in [0.25, 0.3) is 5.91 Å². The summed E-state index contributed by atoms with van der Waals surface area (Å²) in [5, 5.41) is 12.5. The number of rotatable bonds is 5. The fourth-order valence-corrected chi connectivity index (χ4v) is 3.08. The van der Waals surface area contributed by atoms with Crippen molar-refractivity contribution in [1.29, 1.82) is 5.26 Å². The number of amides is 1. The molecule has 1 aliphatic heterocycles. The number of halogens is 1. The van der Waals surface area contributed by atoms with Crippen LogP contribution in [0.15, 0.2) is 48.0 Å². The number of benzene rings is 2. The maximum Gasteiger partial charge on any atom is 0.266 e. The van der Waals surface area contributed by atoms with Crippen molar-refractivity contribution in [3.05, 3.63) is 58.6 Å². The number of nitrogens with one attached hydrogen (secondary N) is 1. The van der Waals surface area contributed by atoms with E-state index in [0.717, 1.165) is 18.8 Å². The van der Waals surface area contributed by atoms with Crippen molar-refractivity contribution in [3.8, 4) is 11.8 Å². The van der Waals surface area contributed by atoms with Crippen LogP contribution in [0.2, 0.25) is 5.02 Å². The highest BCUT2D eigenvalue weighted by Crippen LogP contribution is 2.28. The first-order chi connectivity index (χ1) is 13.6. The number of hydrogen-bond donors (Lipinski definition) is 1. The third kappa shape index (κ3) is 4.63. The molecule has 7 heteroatoms. The topological polar surface area (TPSA) is 74.6 Å². The lowest BCUT2D eigenvalue weighted by Gasteiger charge is -2.29. The lowest BCUT2D eigenvalue weighted by molar-refractivity contribution is -0.112. The number of para-hydroxylation sites is 1. The third-order valence-electron chi connectivity index (χ3n) is 4.38. The van der Waals surface area contributed by atoms with Gasteiger partial charge in [0, 0.05) is 30.4 Å². The Morgan fingerprint density at radius 2 is 2.04 bits per heavy atom. The predicted octanol–water partition coefficient (Wildman–Crippen LogP) is 3.73. The van der Waals surface area contributed by atoms with E-state index in [1.807, 2.05) is 24.3 Å². The molecule has 0 radical (unpaired) electrons. The summed E-state index contributed by atoms with van der Waals surface area (Å²) in [6, 6.07) is 14.5. The van der Waals surface area contributed by atoms with Gasteiger partial charge in [-0.25, -0.2) is 0 Å². The fraction of sp³-hybridized carbons (Fsp3) is 0.238. The second-order valence-electron chi connectivity index (χ2n) is 6.13. The summed E-state index contributed by atoms with van der Waals surface area (Å²) in [5.74, 6) is 0.0530. The number of anilines is 2. The molecule has 0 aliphatic carbocycles. The number of carbonyl (C=O) groups is 1. The van der Waals surface area contributed by atoms with Crippen LogP contribution >= 0.6 is 11.6 Å². The number of methoxy groups -OCH3 is 1. The van der Waals surface area contributed by atoms with Crippen LogP contribution in [0.25, 0.3) is 6.08 Å². The maximum atomic E-state index is 12.5. The first-order valence-corrected chi connectivity index (χ1v) is 9.18. The van der Waals surface area contributed by atoms with E-state index in [4.69, 9.17) is 21.1 Å². The van der Waals surface area contributed by atoms with Crippen molar-refractivity contribution in [2.45, 2.75) is 0 Å². The lowest BCUT2D eigenvalue weighted by Crippen LogP contribution is -2.36. The minimum Gasteiger partial charge on any atom is -0.496 e. The first-order valence-electron chi connectivity index (χ1n) is 8.81. The summed E-state index contributed by atoms with van der Waals surface area (Å²) in [6.45, 7) is 2.99. The van der Waals surface area contributed by atoms with Gasteiger partial charge in [-0.2, -0.15) is 5.26 Å². The molecular formula is C21H20ClN3O3. The van der Waals surface area contributed by atoms with E-state index in [1.165, 1.54) is 6.08 Å². The summed E-state index contributed by atoms with van der Waals surface area (Å²) >= 11 is 6.06. The van der Waals surface area contributed by atoms with Crippen molar-refractivity contribution < 1.29 is 14.3 Å². The highest BCUT2D eigenvalue weighted by Gasteiger charge is 2.15. The molecule has 0 atom stereocenters. The molecular weight excluding hydrogens is 378 g/mol. The Morgan fingerprint density at radius 3 is 2.71 bits per heavy atom. The quantitative estimate of drug-likeness (QED) is 0.614. The van der Waals surface area contributed by atoms with Crippen molar-refractivity contribution in [3.63, 3.8) is 0 Å². The Bertz CT molecular complexity index is 931. The average molecular weight is 398 g/mol. The Hall–Kier alpha value is -3.01. The van der Waals surface area contributed by atoms with Gasteiger partial charge in [0.05, 0.1) is 31.0 Å². The molecule has 0 unspecified atom stereocenters. The van der Waals surface area contributed by atoms with Crippen molar-refractivity contribution in [1.82, 2.24) is 0 Å². The van der Waals surface area contributed by atoms with Gasteiger partial charge in [0.15, 0.2) is 0 Å². The van der Waals surface area contributed by atoms with E-state index in [9.17, 15) is 10.1 Å². The zero-order chi connectivity index (χ0) is 19.9. The molecule has 1 aliphatic rings. The van der Waals surface area contributed by atoms with Gasteiger partial charge in [-0.15, -0.1) is 0 Å². The molecule has 6 nitrogen and oxygen atoms in total. The van der Waals surface area contributed by atoms with Gasteiger partial charge in [0.1, 0.15) is 17.4 Å². The Kier molecular flexibility index (Phi) is 6.53. The molecule has 3 rings (SSSR count). The predicted molar refractivity (Wildman–Crippen MR) is 110 cm³/mol. The van der Waals surface area contributed by atoms with Gasteiger partial charge < -0.3 is 19.7 Å². The largest absolute Gasteiger partial charge is 0.496 e. The van der Waals surface area contributed by atoms with Crippen LogP contribution in [0, 0.1) is 11.3 Å². The highest BCUT2D eigenvalue weighted by molar-refractivity contribution is 6.34. The van der Waals surface area contributed by atoms with Crippen molar-refractivity contribution >= 4 is 35.0 Å². The van der Waals surface area contributed by atoms with Crippen LogP contribution < -0.4 is 15.0 Å². The molecule has 2 aromatic rings. The van der Waals surface area contributed by atoms with Gasteiger partial charge >= 0.3 is 0 Å². The highest BCUT2D eigenvalue weighted by atomic mass is 35.5. The van der Waals surface area contributed by atoms with Gasteiger partial charge in [-0.3, -0.25) is 4.79 Å². The number of nitrogens with zero attached hydrogens (tertiary/aromatic N) is 2. The molecule has 0 saturated carbocycles. The Balaban J connectivity index is 1.84. The molecule has 1 fully saturated rings. The van der Waals surface area contributed by atoms with Crippen LogP contribution in [0.1, 0.15) is 5.56 Å². The Morgan fingerprint density at radius 1 is 1.29 bits per heavy atom. The van der Waals surface area contributed by atoms with Crippen LogP contribution in [-0.4, -0.2) is 39.3 Å². The number of carbonyl (C=O) groups excluding carboxylic acids is 1. The second-order valence-corrected chi connectivity index (χ2v) is 6.54. The van der Waals surface area contributed by atoms with Gasteiger partial charge in [0.2, 0.25) is 0 Å². The molecule has 144 valence electrons. The maximum absolute atomic E-state index is 12.5. The summed E-state index contributed by atoms with van der Waals surface area (Å²) in [6.07, 6.45) is 1.51. The molecule has 2 aromatic carbocycles. The summed E-state index contributed by atoms with van der Waals surface area (Å²) in [7, 11) is 1.56. The van der Waals surface area contributed by atoms with Gasteiger partial charge in [-0.1, -0.05) is 23.7 Å². The third-order valence-corrected chi connectivity index (χ3v) is 4.71. The van der Waals surface area contributed by atoms with E-state index in [1.54, 1.807) is 31.4 Å². The number of hydrogen-bond acceptors (Lipinski definition) is 5.